The van der Waals surface area contributed by atoms with Crippen LogP contribution in [0.25, 0.3) is 0 Å². The highest BCUT2D eigenvalue weighted by Gasteiger charge is 2.44. The Balaban J connectivity index is 1.87. The van der Waals surface area contributed by atoms with Crippen molar-refractivity contribution in [3.63, 3.8) is 0 Å². The second kappa shape index (κ2) is 14.5. The normalized spacial score (nSPS) is 18.7. The summed E-state index contributed by atoms with van der Waals surface area (Å²) in [6, 6.07) is 5.17. The van der Waals surface area contributed by atoms with E-state index in [4.69, 9.17) is 10.8 Å². The van der Waals surface area contributed by atoms with Crippen LogP contribution in [0.2, 0.25) is 0 Å². The number of hydrogen-bond donors (Lipinski definition) is 5. The van der Waals surface area contributed by atoms with Gasteiger partial charge in [0.05, 0.1) is 24.2 Å². The summed E-state index contributed by atoms with van der Waals surface area (Å²) in [5, 5.41) is 25.5. The molecular weight excluding hydrogens is 544 g/mol. The molecule has 1 fully saturated rings. The van der Waals surface area contributed by atoms with Gasteiger partial charge in [-0.2, -0.15) is 0 Å². The molecule has 14 nitrogen and oxygen atoms in total. The fourth-order valence-corrected chi connectivity index (χ4v) is 4.78. The maximum Gasteiger partial charge on any atom is 0.303 e. The van der Waals surface area contributed by atoms with Crippen molar-refractivity contribution in [1.29, 1.82) is 0 Å². The number of aryl methyl sites for hydroxylation is 1. The SMILES string of the molecule is CN[C@@H](C)C(=O)N[C@H](C(=O)N1C[C@@H](n2cc(CCC(=O)O)nn2)C[C@H]1C(=O)N[C@@H](Cc1ccccc1)C(N)=O)C(C)C. The maximum atomic E-state index is 13.9. The number of nitrogens with zero attached hydrogens (tertiary/aromatic N) is 4. The van der Waals surface area contributed by atoms with Crippen LogP contribution < -0.4 is 21.7 Å². The van der Waals surface area contributed by atoms with Crippen molar-refractivity contribution < 1.29 is 29.1 Å². The molecule has 1 aromatic carbocycles. The topological polar surface area (TPSA) is 202 Å². The zero-order chi connectivity index (χ0) is 31.0. The lowest BCUT2D eigenvalue weighted by Crippen LogP contribution is -2.58. The van der Waals surface area contributed by atoms with Gasteiger partial charge in [0.2, 0.25) is 23.6 Å². The standard InChI is InChI=1S/C28H40N8O6/c1-16(2)24(32-26(40)17(3)30-4)28(42)35-15-20(36-14-19(33-34-36)10-11-23(37)38)13-22(35)27(41)31-21(25(29)39)12-18-8-6-5-7-9-18/h5-9,14,16-17,20-22,24,30H,10-13,15H2,1-4H3,(H2,29,39)(H,31,41)(H,32,40)(H,37,38)/t17-,20-,21-,22-,24-/m0/s1. The summed E-state index contributed by atoms with van der Waals surface area (Å²) in [7, 11) is 1.63. The van der Waals surface area contributed by atoms with Crippen molar-refractivity contribution in [3.8, 4) is 0 Å². The summed E-state index contributed by atoms with van der Waals surface area (Å²) in [6.45, 7) is 5.34. The molecule has 0 aliphatic carbocycles. The lowest BCUT2D eigenvalue weighted by molar-refractivity contribution is -0.143. The molecule has 5 atom stereocenters. The summed E-state index contributed by atoms with van der Waals surface area (Å²) in [6.07, 6.45) is 2.00. The number of likely N-dealkylation sites (N-methyl/N-ethyl adjacent to an activating group) is 1. The van der Waals surface area contributed by atoms with Crippen molar-refractivity contribution in [2.75, 3.05) is 13.6 Å². The molecule has 2 aromatic rings. The van der Waals surface area contributed by atoms with E-state index in [0.717, 1.165) is 5.56 Å². The lowest BCUT2D eigenvalue weighted by Gasteiger charge is -2.31. The zero-order valence-corrected chi connectivity index (χ0v) is 24.3. The molecule has 14 heteroatoms. The van der Waals surface area contributed by atoms with E-state index in [-0.39, 0.29) is 44.1 Å². The largest absolute Gasteiger partial charge is 0.481 e. The first-order valence-electron chi connectivity index (χ1n) is 14.0. The lowest BCUT2D eigenvalue weighted by atomic mass is 10.0. The number of primary amides is 1. The minimum atomic E-state index is -1.01. The smallest absolute Gasteiger partial charge is 0.303 e. The third-order valence-electron chi connectivity index (χ3n) is 7.39. The van der Waals surface area contributed by atoms with Crippen LogP contribution in [-0.4, -0.2) is 92.4 Å². The number of amides is 4. The van der Waals surface area contributed by atoms with Crippen LogP contribution in [0.3, 0.4) is 0 Å². The minimum Gasteiger partial charge on any atom is -0.481 e. The van der Waals surface area contributed by atoms with Gasteiger partial charge in [-0.15, -0.1) is 5.10 Å². The van der Waals surface area contributed by atoms with E-state index < -0.39 is 53.9 Å². The van der Waals surface area contributed by atoms with E-state index in [1.165, 1.54) is 9.58 Å². The predicted octanol–water partition coefficient (Wildman–Crippen LogP) is -0.601. The molecule has 4 amide bonds. The van der Waals surface area contributed by atoms with E-state index >= 15 is 0 Å². The molecule has 1 saturated heterocycles. The van der Waals surface area contributed by atoms with Crippen molar-refractivity contribution in [1.82, 2.24) is 35.8 Å². The summed E-state index contributed by atoms with van der Waals surface area (Å²) in [4.78, 5) is 64.9. The first kappa shape index (κ1) is 32.2. The van der Waals surface area contributed by atoms with E-state index in [1.54, 1.807) is 34.0 Å². The average Bonchev–Trinajstić information content (AvgIpc) is 3.61. The molecule has 228 valence electrons. The number of likely N-dealkylation sites (tertiary alicyclic amines) is 1. The Bertz CT molecular complexity index is 1270. The number of carboxylic acid groups (broad SMARTS) is 1. The highest BCUT2D eigenvalue weighted by Crippen LogP contribution is 2.29. The number of benzene rings is 1. The van der Waals surface area contributed by atoms with Crippen LogP contribution in [0.15, 0.2) is 36.5 Å². The van der Waals surface area contributed by atoms with Crippen molar-refractivity contribution in [2.24, 2.45) is 11.7 Å². The molecule has 0 bridgehead atoms. The zero-order valence-electron chi connectivity index (χ0n) is 24.3. The van der Waals surface area contributed by atoms with E-state index in [2.05, 4.69) is 26.3 Å². The van der Waals surface area contributed by atoms with Crippen molar-refractivity contribution >= 4 is 29.6 Å². The Morgan fingerprint density at radius 1 is 1.10 bits per heavy atom. The third-order valence-corrected chi connectivity index (χ3v) is 7.39. The van der Waals surface area contributed by atoms with Crippen LogP contribution in [0.4, 0.5) is 0 Å². The number of carbonyl (C=O) groups is 5. The summed E-state index contributed by atoms with van der Waals surface area (Å²) in [5.74, 6) is -3.35. The molecular formula is C28H40N8O6. The summed E-state index contributed by atoms with van der Waals surface area (Å²) in [5.41, 5.74) is 6.90. The molecule has 2 heterocycles. The van der Waals surface area contributed by atoms with Gasteiger partial charge in [0, 0.05) is 32.0 Å². The molecule has 1 aliphatic rings. The van der Waals surface area contributed by atoms with E-state index in [9.17, 15) is 24.0 Å². The Kier molecular flexibility index (Phi) is 11.1. The van der Waals surface area contributed by atoms with Gasteiger partial charge in [-0.1, -0.05) is 49.4 Å². The number of nitrogens with two attached hydrogens (primary N) is 1. The first-order valence-corrected chi connectivity index (χ1v) is 14.0. The monoisotopic (exact) mass is 584 g/mol. The van der Waals surface area contributed by atoms with Gasteiger partial charge in [0.25, 0.3) is 0 Å². The Hall–Kier alpha value is -4.33. The van der Waals surface area contributed by atoms with Crippen molar-refractivity contribution in [3.05, 3.63) is 47.8 Å². The highest BCUT2D eigenvalue weighted by atomic mass is 16.4. The quantitative estimate of drug-likeness (QED) is 0.192. The van der Waals surface area contributed by atoms with E-state index in [0.29, 0.717) is 5.69 Å². The number of carbonyl (C=O) groups excluding carboxylic acids is 4. The van der Waals surface area contributed by atoms with E-state index in [1.807, 2.05) is 30.3 Å². The van der Waals surface area contributed by atoms with Gasteiger partial charge in [-0.05, 0) is 25.5 Å². The number of aromatic nitrogens is 3. The molecule has 6 N–H and O–H groups in total. The number of hydrogen-bond acceptors (Lipinski definition) is 8. The molecule has 1 aliphatic heterocycles. The number of nitrogens with one attached hydrogen (secondary N) is 3. The van der Waals surface area contributed by atoms with Crippen LogP contribution >= 0.6 is 0 Å². The van der Waals surface area contributed by atoms with Gasteiger partial charge < -0.3 is 31.7 Å². The van der Waals surface area contributed by atoms with Gasteiger partial charge >= 0.3 is 5.97 Å². The Labute approximate surface area is 244 Å². The average molecular weight is 585 g/mol. The fraction of sp³-hybridized carbons (Fsp3) is 0.536. The van der Waals surface area contributed by atoms with Gasteiger partial charge in [-0.25, -0.2) is 4.68 Å². The van der Waals surface area contributed by atoms with Crippen LogP contribution in [-0.2, 0) is 36.8 Å². The van der Waals surface area contributed by atoms with Gasteiger partial charge in [-0.3, -0.25) is 24.0 Å². The Morgan fingerprint density at radius 3 is 2.38 bits per heavy atom. The third kappa shape index (κ3) is 8.35. The van der Waals surface area contributed by atoms with Crippen LogP contribution in [0, 0.1) is 5.92 Å². The van der Waals surface area contributed by atoms with Gasteiger partial charge in [0.1, 0.15) is 18.1 Å². The number of aliphatic carboxylic acids is 1. The van der Waals surface area contributed by atoms with Crippen LogP contribution in [0.5, 0.6) is 0 Å². The first-order chi connectivity index (χ1) is 19.9. The predicted molar refractivity (Wildman–Crippen MR) is 152 cm³/mol. The number of rotatable bonds is 14. The minimum absolute atomic E-state index is 0.0826. The molecule has 1 aromatic heterocycles. The maximum absolute atomic E-state index is 13.9. The molecule has 42 heavy (non-hydrogen) atoms. The molecule has 3 rings (SSSR count). The highest BCUT2D eigenvalue weighted by molar-refractivity contribution is 5.95. The van der Waals surface area contributed by atoms with Crippen LogP contribution in [0.1, 0.15) is 50.9 Å². The summed E-state index contributed by atoms with van der Waals surface area (Å²) >= 11 is 0. The second-order valence-corrected chi connectivity index (χ2v) is 10.9. The fourth-order valence-electron chi connectivity index (χ4n) is 4.78. The van der Waals surface area contributed by atoms with Gasteiger partial charge in [0.15, 0.2) is 0 Å². The summed E-state index contributed by atoms with van der Waals surface area (Å²) < 4.78 is 1.52. The molecule has 0 unspecified atom stereocenters. The molecule has 0 saturated carbocycles. The molecule has 0 spiro atoms. The Morgan fingerprint density at radius 2 is 1.79 bits per heavy atom. The number of carboxylic acids is 1. The second-order valence-electron chi connectivity index (χ2n) is 10.9. The molecule has 0 radical (unpaired) electrons. The van der Waals surface area contributed by atoms with Crippen molar-refractivity contribution in [2.45, 2.75) is 76.7 Å².